The Kier molecular flexibility index (Phi) is 11.0. The fourth-order valence-electron chi connectivity index (χ4n) is 3.25. The summed E-state index contributed by atoms with van der Waals surface area (Å²) in [6.45, 7) is 10.0. The van der Waals surface area contributed by atoms with Gasteiger partial charge in [-0.15, -0.1) is 24.0 Å². The first-order valence-electron chi connectivity index (χ1n) is 10.2. The Morgan fingerprint density at radius 3 is 2.72 bits per heavy atom. The fourth-order valence-corrected chi connectivity index (χ4v) is 3.25. The number of morpholine rings is 1. The summed E-state index contributed by atoms with van der Waals surface area (Å²) in [5, 5.41) is 6.75. The molecule has 0 spiro atoms. The smallest absolute Gasteiger partial charge is 0.191 e. The van der Waals surface area contributed by atoms with Crippen molar-refractivity contribution in [1.29, 1.82) is 0 Å². The number of hydrogen-bond acceptors (Lipinski definition) is 4. The van der Waals surface area contributed by atoms with Gasteiger partial charge in [0.1, 0.15) is 5.82 Å². The standard InChI is InChI=1S/C21H32N6O.HI/c1-2-22-21(25-10-12-26-14-16-28-17-15-26)24-9-8-20-23-11-13-27(20)18-19-6-4-3-5-7-19;/h3-7,11,13H,2,8-10,12,14-18H2,1H3,(H2,22,24,25);1H. The monoisotopic (exact) mass is 512 g/mol. The molecule has 0 bridgehead atoms. The van der Waals surface area contributed by atoms with Crippen LogP contribution in [0.3, 0.4) is 0 Å². The van der Waals surface area contributed by atoms with Crippen LogP contribution in [-0.2, 0) is 17.7 Å². The summed E-state index contributed by atoms with van der Waals surface area (Å²) >= 11 is 0. The molecule has 1 aliphatic rings. The molecule has 2 aromatic rings. The number of imidazole rings is 1. The summed E-state index contributed by atoms with van der Waals surface area (Å²) < 4.78 is 7.60. The van der Waals surface area contributed by atoms with Crippen molar-refractivity contribution in [2.45, 2.75) is 19.9 Å². The van der Waals surface area contributed by atoms with Crippen molar-refractivity contribution in [3.8, 4) is 0 Å². The Bertz CT molecular complexity index is 715. The molecule has 2 heterocycles. The Balaban J connectivity index is 0.00000300. The highest BCUT2D eigenvalue weighted by Crippen LogP contribution is 2.05. The molecule has 160 valence electrons. The number of ether oxygens (including phenoxy) is 1. The highest BCUT2D eigenvalue weighted by Gasteiger charge is 2.09. The molecule has 0 aliphatic carbocycles. The van der Waals surface area contributed by atoms with Gasteiger partial charge in [-0.3, -0.25) is 9.89 Å². The Labute approximate surface area is 191 Å². The Morgan fingerprint density at radius 2 is 1.97 bits per heavy atom. The van der Waals surface area contributed by atoms with Crippen LogP contribution in [0.5, 0.6) is 0 Å². The molecule has 0 atom stereocenters. The second-order valence-corrected chi connectivity index (χ2v) is 6.85. The van der Waals surface area contributed by atoms with Crippen LogP contribution in [0.25, 0.3) is 0 Å². The third kappa shape index (κ3) is 8.31. The van der Waals surface area contributed by atoms with E-state index in [1.54, 1.807) is 0 Å². The first kappa shape index (κ1) is 23.6. The first-order valence-corrected chi connectivity index (χ1v) is 10.2. The number of halogens is 1. The normalized spacial score (nSPS) is 15.0. The molecule has 1 aliphatic heterocycles. The van der Waals surface area contributed by atoms with Crippen molar-refractivity contribution in [3.05, 3.63) is 54.1 Å². The van der Waals surface area contributed by atoms with E-state index in [2.05, 4.69) is 56.3 Å². The van der Waals surface area contributed by atoms with E-state index in [4.69, 9.17) is 9.73 Å². The molecule has 1 fully saturated rings. The number of hydrogen-bond donors (Lipinski definition) is 2. The van der Waals surface area contributed by atoms with Crippen molar-refractivity contribution < 1.29 is 4.74 Å². The van der Waals surface area contributed by atoms with E-state index in [0.29, 0.717) is 0 Å². The zero-order valence-corrected chi connectivity index (χ0v) is 19.5. The second-order valence-electron chi connectivity index (χ2n) is 6.85. The van der Waals surface area contributed by atoms with Crippen molar-refractivity contribution >= 4 is 29.9 Å². The van der Waals surface area contributed by atoms with E-state index in [-0.39, 0.29) is 24.0 Å². The van der Waals surface area contributed by atoms with Gasteiger partial charge in [0, 0.05) is 58.1 Å². The first-order chi connectivity index (χ1) is 13.8. The van der Waals surface area contributed by atoms with Gasteiger partial charge in [0.25, 0.3) is 0 Å². The fraction of sp³-hybridized carbons (Fsp3) is 0.524. The van der Waals surface area contributed by atoms with Crippen LogP contribution >= 0.6 is 24.0 Å². The van der Waals surface area contributed by atoms with Crippen molar-refractivity contribution in [1.82, 2.24) is 25.1 Å². The molecule has 7 nitrogen and oxygen atoms in total. The zero-order chi connectivity index (χ0) is 19.4. The minimum atomic E-state index is 0. The number of nitrogens with one attached hydrogen (secondary N) is 2. The van der Waals surface area contributed by atoms with E-state index in [1.165, 1.54) is 5.56 Å². The van der Waals surface area contributed by atoms with Gasteiger partial charge in [-0.1, -0.05) is 30.3 Å². The lowest BCUT2D eigenvalue weighted by atomic mass is 10.2. The second kappa shape index (κ2) is 13.6. The molecule has 0 unspecified atom stereocenters. The molecular formula is C21H33IN6O. The SMILES string of the molecule is CCNC(=NCCN1CCOCC1)NCCc1nccn1Cc1ccccc1.I. The van der Waals surface area contributed by atoms with Crippen molar-refractivity contribution in [2.24, 2.45) is 4.99 Å². The average molecular weight is 512 g/mol. The summed E-state index contributed by atoms with van der Waals surface area (Å²) in [6.07, 6.45) is 4.78. The number of guanidine groups is 1. The molecule has 1 saturated heterocycles. The maximum absolute atomic E-state index is 5.39. The van der Waals surface area contributed by atoms with Gasteiger partial charge in [0.05, 0.1) is 19.8 Å². The topological polar surface area (TPSA) is 66.7 Å². The lowest BCUT2D eigenvalue weighted by Gasteiger charge is -2.25. The molecule has 3 rings (SSSR count). The van der Waals surface area contributed by atoms with Crippen LogP contribution in [-0.4, -0.2) is 72.9 Å². The highest BCUT2D eigenvalue weighted by molar-refractivity contribution is 14.0. The molecule has 8 heteroatoms. The molecular weight excluding hydrogens is 479 g/mol. The maximum atomic E-state index is 5.39. The largest absolute Gasteiger partial charge is 0.379 e. The van der Waals surface area contributed by atoms with E-state index in [9.17, 15) is 0 Å². The third-order valence-corrected chi connectivity index (χ3v) is 4.77. The van der Waals surface area contributed by atoms with Gasteiger partial charge in [-0.05, 0) is 12.5 Å². The van der Waals surface area contributed by atoms with E-state index >= 15 is 0 Å². The maximum Gasteiger partial charge on any atom is 0.191 e. The van der Waals surface area contributed by atoms with Gasteiger partial charge >= 0.3 is 0 Å². The molecule has 2 N–H and O–H groups in total. The summed E-state index contributed by atoms with van der Waals surface area (Å²) in [5.41, 5.74) is 1.28. The lowest BCUT2D eigenvalue weighted by Crippen LogP contribution is -2.40. The van der Waals surface area contributed by atoms with E-state index in [0.717, 1.165) is 77.2 Å². The van der Waals surface area contributed by atoms with Crippen molar-refractivity contribution in [2.75, 3.05) is 52.5 Å². The molecule has 29 heavy (non-hydrogen) atoms. The predicted molar refractivity (Wildman–Crippen MR) is 128 cm³/mol. The molecule has 1 aromatic heterocycles. The average Bonchev–Trinajstić information content (AvgIpc) is 3.16. The number of aromatic nitrogens is 2. The number of aliphatic imine (C=N–C) groups is 1. The summed E-state index contributed by atoms with van der Waals surface area (Å²) in [6, 6.07) is 10.5. The quantitative estimate of drug-likeness (QED) is 0.306. The lowest BCUT2D eigenvalue weighted by molar-refractivity contribution is 0.0394. The Hall–Kier alpha value is -1.65. The van der Waals surface area contributed by atoms with Gasteiger partial charge in [-0.25, -0.2) is 4.98 Å². The van der Waals surface area contributed by atoms with E-state index < -0.39 is 0 Å². The Morgan fingerprint density at radius 1 is 1.17 bits per heavy atom. The summed E-state index contributed by atoms with van der Waals surface area (Å²) in [4.78, 5) is 11.6. The molecule has 1 aromatic carbocycles. The van der Waals surface area contributed by atoms with Gasteiger partial charge in [0.15, 0.2) is 5.96 Å². The van der Waals surface area contributed by atoms with Crippen LogP contribution in [0.2, 0.25) is 0 Å². The minimum absolute atomic E-state index is 0. The van der Waals surface area contributed by atoms with Crippen molar-refractivity contribution in [3.63, 3.8) is 0 Å². The summed E-state index contributed by atoms with van der Waals surface area (Å²) in [7, 11) is 0. The third-order valence-electron chi connectivity index (χ3n) is 4.77. The van der Waals surface area contributed by atoms with E-state index in [1.807, 2.05) is 18.5 Å². The number of nitrogens with zero attached hydrogens (tertiary/aromatic N) is 4. The van der Waals surface area contributed by atoms with Gasteiger partial charge < -0.3 is 19.9 Å². The predicted octanol–water partition coefficient (Wildman–Crippen LogP) is 1.98. The van der Waals surface area contributed by atoms with Crippen LogP contribution in [0.15, 0.2) is 47.7 Å². The van der Waals surface area contributed by atoms with Gasteiger partial charge in [-0.2, -0.15) is 0 Å². The number of rotatable bonds is 9. The zero-order valence-electron chi connectivity index (χ0n) is 17.2. The van der Waals surface area contributed by atoms with Crippen LogP contribution in [0, 0.1) is 0 Å². The molecule has 0 radical (unpaired) electrons. The highest BCUT2D eigenvalue weighted by atomic mass is 127. The van der Waals surface area contributed by atoms with Gasteiger partial charge in [0.2, 0.25) is 0 Å². The van der Waals surface area contributed by atoms with Crippen LogP contribution in [0.4, 0.5) is 0 Å². The van der Waals surface area contributed by atoms with Crippen LogP contribution in [0.1, 0.15) is 18.3 Å². The van der Waals surface area contributed by atoms with Crippen LogP contribution < -0.4 is 10.6 Å². The molecule has 0 saturated carbocycles. The molecule has 0 amide bonds. The summed E-state index contributed by atoms with van der Waals surface area (Å²) in [5.74, 6) is 1.96. The number of benzene rings is 1. The minimum Gasteiger partial charge on any atom is -0.379 e.